The first-order valence-electron chi connectivity index (χ1n) is 4.90. The summed E-state index contributed by atoms with van der Waals surface area (Å²) >= 11 is 5.76. The van der Waals surface area contributed by atoms with E-state index in [1.807, 2.05) is 7.05 Å². The molecule has 5 nitrogen and oxygen atoms in total. The maximum Gasteiger partial charge on any atom is 0.240 e. The molecule has 82 valence electrons. The fourth-order valence-corrected chi connectivity index (χ4v) is 1.93. The van der Waals surface area contributed by atoms with Gasteiger partial charge in [0, 0.05) is 20.0 Å². The topological polar surface area (TPSA) is 51.0 Å². The van der Waals surface area contributed by atoms with Gasteiger partial charge in [-0.15, -0.1) is 16.7 Å². The van der Waals surface area contributed by atoms with Crippen LogP contribution in [0.4, 0.5) is 0 Å². The molecule has 2 rings (SSSR count). The summed E-state index contributed by atoms with van der Waals surface area (Å²) in [6.45, 7) is 2.92. The Morgan fingerprint density at radius 2 is 2.33 bits per heavy atom. The van der Waals surface area contributed by atoms with Crippen molar-refractivity contribution < 1.29 is 4.79 Å². The maximum absolute atomic E-state index is 11.7. The van der Waals surface area contributed by atoms with Gasteiger partial charge in [0.25, 0.3) is 0 Å². The number of hydrogen-bond donors (Lipinski definition) is 0. The van der Waals surface area contributed by atoms with E-state index in [1.165, 1.54) is 0 Å². The Balaban J connectivity index is 2.16. The predicted molar refractivity (Wildman–Crippen MR) is 55.4 cm³/mol. The summed E-state index contributed by atoms with van der Waals surface area (Å²) in [5.74, 6) is -0.0343. The molecule has 0 bridgehead atoms. The fraction of sp³-hybridized carbons (Fsp3) is 0.667. The number of rotatable bonds is 1. The summed E-state index contributed by atoms with van der Waals surface area (Å²) in [5, 5.41) is 7.49. The number of amides is 1. The van der Waals surface area contributed by atoms with E-state index in [4.69, 9.17) is 11.6 Å². The van der Waals surface area contributed by atoms with Crippen LogP contribution in [0, 0.1) is 0 Å². The Labute approximate surface area is 93.0 Å². The van der Waals surface area contributed by atoms with Crippen LogP contribution in [0.15, 0.2) is 0 Å². The molecule has 1 unspecified atom stereocenters. The SMILES string of the molecule is CC(Cl)C(=O)N1CCc2c(nnn2C)C1. The molecule has 0 aliphatic carbocycles. The van der Waals surface area contributed by atoms with Crippen LogP contribution in [-0.4, -0.2) is 37.7 Å². The number of hydrogen-bond acceptors (Lipinski definition) is 3. The lowest BCUT2D eigenvalue weighted by molar-refractivity contribution is -0.131. The summed E-state index contributed by atoms with van der Waals surface area (Å²) in [7, 11) is 1.87. The van der Waals surface area contributed by atoms with Crippen molar-refractivity contribution in [2.75, 3.05) is 6.54 Å². The lowest BCUT2D eigenvalue weighted by Crippen LogP contribution is -2.39. The van der Waals surface area contributed by atoms with Gasteiger partial charge < -0.3 is 4.90 Å². The molecular formula is C9H13ClN4O. The standard InChI is InChI=1S/C9H13ClN4O/c1-6(10)9(15)14-4-3-8-7(5-14)11-12-13(8)2/h6H,3-5H2,1-2H3. The van der Waals surface area contributed by atoms with Gasteiger partial charge in [0.1, 0.15) is 11.1 Å². The van der Waals surface area contributed by atoms with Crippen molar-refractivity contribution >= 4 is 17.5 Å². The highest BCUT2D eigenvalue weighted by Crippen LogP contribution is 2.17. The number of aryl methyl sites for hydroxylation is 1. The summed E-state index contributed by atoms with van der Waals surface area (Å²) in [6, 6.07) is 0. The average Bonchev–Trinajstić information content (AvgIpc) is 2.59. The smallest absolute Gasteiger partial charge is 0.240 e. The van der Waals surface area contributed by atoms with Gasteiger partial charge in [0.2, 0.25) is 5.91 Å². The van der Waals surface area contributed by atoms with Gasteiger partial charge in [-0.05, 0) is 6.92 Å². The molecule has 0 fully saturated rings. The first-order valence-corrected chi connectivity index (χ1v) is 5.33. The van der Waals surface area contributed by atoms with E-state index in [9.17, 15) is 4.79 Å². The minimum absolute atomic E-state index is 0.0343. The van der Waals surface area contributed by atoms with E-state index in [1.54, 1.807) is 16.5 Å². The van der Waals surface area contributed by atoms with Crippen molar-refractivity contribution in [3.05, 3.63) is 11.4 Å². The summed E-state index contributed by atoms with van der Waals surface area (Å²) in [6.07, 6.45) is 0.800. The van der Waals surface area contributed by atoms with E-state index in [0.717, 1.165) is 17.8 Å². The van der Waals surface area contributed by atoms with Crippen LogP contribution in [0.2, 0.25) is 0 Å². The number of nitrogens with zero attached hydrogens (tertiary/aromatic N) is 4. The first-order chi connectivity index (χ1) is 7.09. The van der Waals surface area contributed by atoms with E-state index in [0.29, 0.717) is 13.1 Å². The van der Waals surface area contributed by atoms with Crippen LogP contribution >= 0.6 is 11.6 Å². The Hall–Kier alpha value is -1.10. The molecule has 2 heterocycles. The van der Waals surface area contributed by atoms with Gasteiger partial charge in [0.15, 0.2) is 0 Å². The zero-order valence-corrected chi connectivity index (χ0v) is 9.53. The number of carbonyl (C=O) groups excluding carboxylic acids is 1. The fourth-order valence-electron chi connectivity index (χ4n) is 1.79. The highest BCUT2D eigenvalue weighted by Gasteiger charge is 2.26. The van der Waals surface area contributed by atoms with Crippen molar-refractivity contribution in [2.24, 2.45) is 7.05 Å². The Bertz CT molecular complexity index is 387. The van der Waals surface area contributed by atoms with Crippen molar-refractivity contribution in [2.45, 2.75) is 25.3 Å². The Morgan fingerprint density at radius 1 is 1.60 bits per heavy atom. The third-order valence-electron chi connectivity index (χ3n) is 2.63. The minimum Gasteiger partial charge on any atom is -0.335 e. The molecule has 0 aromatic carbocycles. The van der Waals surface area contributed by atoms with Crippen molar-refractivity contribution in [1.29, 1.82) is 0 Å². The van der Waals surface area contributed by atoms with Gasteiger partial charge in [-0.3, -0.25) is 9.48 Å². The van der Waals surface area contributed by atoms with Gasteiger partial charge >= 0.3 is 0 Å². The molecule has 1 amide bonds. The number of halogens is 1. The zero-order valence-electron chi connectivity index (χ0n) is 8.77. The molecule has 0 saturated carbocycles. The summed E-state index contributed by atoms with van der Waals surface area (Å²) in [5.41, 5.74) is 2.00. The van der Waals surface area contributed by atoms with Gasteiger partial charge in [0.05, 0.1) is 12.2 Å². The van der Waals surface area contributed by atoms with Crippen molar-refractivity contribution in [3.8, 4) is 0 Å². The van der Waals surface area contributed by atoms with E-state index >= 15 is 0 Å². The van der Waals surface area contributed by atoms with Gasteiger partial charge in [-0.25, -0.2) is 0 Å². The molecule has 0 N–H and O–H groups in total. The molecule has 6 heteroatoms. The van der Waals surface area contributed by atoms with Crippen LogP contribution in [-0.2, 0) is 24.8 Å². The number of aromatic nitrogens is 3. The van der Waals surface area contributed by atoms with E-state index < -0.39 is 5.38 Å². The van der Waals surface area contributed by atoms with E-state index in [2.05, 4.69) is 10.3 Å². The third-order valence-corrected chi connectivity index (χ3v) is 2.82. The van der Waals surface area contributed by atoms with E-state index in [-0.39, 0.29) is 5.91 Å². The highest BCUT2D eigenvalue weighted by molar-refractivity contribution is 6.30. The molecule has 1 aromatic rings. The molecule has 0 radical (unpaired) electrons. The highest BCUT2D eigenvalue weighted by atomic mass is 35.5. The lowest BCUT2D eigenvalue weighted by Gasteiger charge is -2.27. The van der Waals surface area contributed by atoms with Crippen molar-refractivity contribution in [1.82, 2.24) is 19.9 Å². The van der Waals surface area contributed by atoms with Crippen LogP contribution in [0.5, 0.6) is 0 Å². The molecule has 1 atom stereocenters. The number of carbonyl (C=O) groups is 1. The van der Waals surface area contributed by atoms with Gasteiger partial charge in [-0.1, -0.05) is 5.21 Å². The second kappa shape index (κ2) is 3.81. The van der Waals surface area contributed by atoms with Crippen LogP contribution in [0.1, 0.15) is 18.3 Å². The van der Waals surface area contributed by atoms with Crippen LogP contribution in [0.3, 0.4) is 0 Å². The molecule has 1 aliphatic heterocycles. The minimum atomic E-state index is -0.469. The normalized spacial score (nSPS) is 17.4. The second-order valence-corrected chi connectivity index (χ2v) is 4.39. The second-order valence-electron chi connectivity index (χ2n) is 3.73. The van der Waals surface area contributed by atoms with Crippen LogP contribution in [0.25, 0.3) is 0 Å². The Morgan fingerprint density at radius 3 is 3.00 bits per heavy atom. The molecule has 0 saturated heterocycles. The molecular weight excluding hydrogens is 216 g/mol. The monoisotopic (exact) mass is 228 g/mol. The molecule has 0 spiro atoms. The average molecular weight is 229 g/mol. The van der Waals surface area contributed by atoms with Crippen molar-refractivity contribution in [3.63, 3.8) is 0 Å². The maximum atomic E-state index is 11.7. The quantitative estimate of drug-likeness (QED) is 0.651. The molecule has 1 aliphatic rings. The summed E-state index contributed by atoms with van der Waals surface area (Å²) < 4.78 is 1.77. The van der Waals surface area contributed by atoms with Gasteiger partial charge in [-0.2, -0.15) is 0 Å². The predicted octanol–water partition coefficient (Wildman–Crippen LogP) is 0.327. The lowest BCUT2D eigenvalue weighted by atomic mass is 10.1. The number of alkyl halides is 1. The summed E-state index contributed by atoms with van der Waals surface area (Å²) in [4.78, 5) is 13.4. The number of fused-ring (bicyclic) bond motifs is 1. The van der Waals surface area contributed by atoms with Crippen LogP contribution < -0.4 is 0 Å². The zero-order chi connectivity index (χ0) is 11.0. The Kier molecular flexibility index (Phi) is 2.65. The molecule has 1 aromatic heterocycles. The molecule has 15 heavy (non-hydrogen) atoms. The largest absolute Gasteiger partial charge is 0.335 e. The third kappa shape index (κ3) is 1.84. The first kappa shape index (κ1) is 10.4.